The molecule has 0 aliphatic carbocycles. The van der Waals surface area contributed by atoms with Gasteiger partial charge in [0.05, 0.1) is 11.1 Å². The number of hydrogen-bond acceptors (Lipinski definition) is 4. The fraction of sp³-hybridized carbons (Fsp3) is 0.194. The normalized spacial score (nSPS) is 11.5. The molecule has 0 saturated carbocycles. The van der Waals surface area contributed by atoms with Crippen LogP contribution in [-0.4, -0.2) is 28.7 Å². The van der Waals surface area contributed by atoms with Crippen molar-refractivity contribution in [3.63, 3.8) is 0 Å². The third-order valence-corrected chi connectivity index (χ3v) is 5.99. The minimum atomic E-state index is -4.44. The molecule has 214 valence electrons. The summed E-state index contributed by atoms with van der Waals surface area (Å²) in [5, 5.41) is 12.1. The van der Waals surface area contributed by atoms with Gasteiger partial charge in [0.25, 0.3) is 0 Å². The summed E-state index contributed by atoms with van der Waals surface area (Å²) in [6, 6.07) is 23.8. The number of rotatable bonds is 8. The number of carboxylic acid groups (broad SMARTS) is 1. The van der Waals surface area contributed by atoms with Crippen LogP contribution in [0.1, 0.15) is 45.8 Å². The van der Waals surface area contributed by atoms with Gasteiger partial charge in [-0.05, 0) is 65.9 Å². The standard InChI is InChI=1S/C24H20F3NO4.C7H9N2/c1-15(16-10-12-18(13-11-16)24(25,26)27)32-23(31)28-14-17-6-2-3-7-19(17)20-8-4-5-9-21(20)22(29)30;8-5-4-7-3-1-2-6-9-7/h2-13,15H,14H2,1H3,(H,28,31)(H,29,30);1-3,6,8H,4-5H2/q;-1/t15-;/m0./s1. The van der Waals surface area contributed by atoms with Gasteiger partial charge in [-0.25, -0.2) is 9.59 Å². The molecule has 1 atom stereocenters. The Morgan fingerprint density at radius 2 is 1.56 bits per heavy atom. The molecule has 7 nitrogen and oxygen atoms in total. The number of nitrogens with zero attached hydrogens (tertiary/aromatic N) is 1. The van der Waals surface area contributed by atoms with E-state index in [4.69, 9.17) is 10.5 Å². The number of benzene rings is 3. The molecule has 1 aromatic heterocycles. The van der Waals surface area contributed by atoms with Crippen molar-refractivity contribution >= 4 is 12.1 Å². The molecule has 1 amide bonds. The molecule has 41 heavy (non-hydrogen) atoms. The number of carboxylic acids is 1. The van der Waals surface area contributed by atoms with Crippen LogP contribution in [0.3, 0.4) is 0 Å². The minimum absolute atomic E-state index is 0.0721. The highest BCUT2D eigenvalue weighted by molar-refractivity contribution is 5.96. The van der Waals surface area contributed by atoms with E-state index in [9.17, 15) is 27.9 Å². The predicted molar refractivity (Wildman–Crippen MR) is 149 cm³/mol. The Kier molecular flexibility index (Phi) is 11.0. The summed E-state index contributed by atoms with van der Waals surface area (Å²) in [4.78, 5) is 27.8. The van der Waals surface area contributed by atoms with Crippen LogP contribution >= 0.6 is 0 Å². The highest BCUT2D eigenvalue weighted by Crippen LogP contribution is 2.30. The zero-order valence-electron chi connectivity index (χ0n) is 22.2. The molecule has 3 aromatic carbocycles. The van der Waals surface area contributed by atoms with E-state index in [1.807, 2.05) is 18.2 Å². The fourth-order valence-electron chi connectivity index (χ4n) is 3.90. The second-order valence-electron chi connectivity index (χ2n) is 8.85. The van der Waals surface area contributed by atoms with Crippen molar-refractivity contribution in [2.75, 3.05) is 6.54 Å². The number of alkyl halides is 3. The van der Waals surface area contributed by atoms with E-state index in [0.717, 1.165) is 24.2 Å². The summed E-state index contributed by atoms with van der Waals surface area (Å²) < 4.78 is 43.3. The molecule has 0 bridgehead atoms. The monoisotopic (exact) mass is 564 g/mol. The van der Waals surface area contributed by atoms with Crippen LogP contribution in [0.2, 0.25) is 0 Å². The maximum absolute atomic E-state index is 12.7. The molecule has 0 fully saturated rings. The Morgan fingerprint density at radius 3 is 2.17 bits per heavy atom. The average Bonchev–Trinajstić information content (AvgIpc) is 2.97. The van der Waals surface area contributed by atoms with Crippen molar-refractivity contribution in [3.05, 3.63) is 131 Å². The molecule has 4 aromatic rings. The van der Waals surface area contributed by atoms with Crippen LogP contribution < -0.4 is 5.32 Å². The molecule has 3 N–H and O–H groups in total. The lowest BCUT2D eigenvalue weighted by atomic mass is 9.95. The third-order valence-electron chi connectivity index (χ3n) is 5.99. The molecule has 10 heteroatoms. The van der Waals surface area contributed by atoms with E-state index >= 15 is 0 Å². The summed E-state index contributed by atoms with van der Waals surface area (Å²) in [6.45, 7) is 2.05. The second-order valence-corrected chi connectivity index (χ2v) is 8.85. The lowest BCUT2D eigenvalue weighted by Crippen LogP contribution is -2.25. The molecule has 4 rings (SSSR count). The van der Waals surface area contributed by atoms with Gasteiger partial charge in [0.15, 0.2) is 0 Å². The first-order valence-corrected chi connectivity index (χ1v) is 12.7. The second kappa shape index (κ2) is 14.6. The van der Waals surface area contributed by atoms with Crippen LogP contribution in [0.25, 0.3) is 16.9 Å². The summed E-state index contributed by atoms with van der Waals surface area (Å²) in [7, 11) is 0. The van der Waals surface area contributed by atoms with Crippen molar-refractivity contribution in [3.8, 4) is 11.1 Å². The van der Waals surface area contributed by atoms with Gasteiger partial charge in [-0.15, -0.1) is 6.54 Å². The van der Waals surface area contributed by atoms with Crippen molar-refractivity contribution in [1.29, 1.82) is 0 Å². The third kappa shape index (κ3) is 9.18. The fourth-order valence-corrected chi connectivity index (χ4v) is 3.90. The number of alkyl carbamates (subject to hydrolysis) is 1. The highest BCUT2D eigenvalue weighted by atomic mass is 19.4. The van der Waals surface area contributed by atoms with Gasteiger partial charge in [-0.2, -0.15) is 13.2 Å². The Morgan fingerprint density at radius 1 is 0.927 bits per heavy atom. The number of amides is 1. The van der Waals surface area contributed by atoms with Crippen LogP contribution in [-0.2, 0) is 23.9 Å². The van der Waals surface area contributed by atoms with E-state index in [1.54, 1.807) is 55.6 Å². The number of carbonyl (C=O) groups excluding carboxylic acids is 1. The largest absolute Gasteiger partial charge is 0.677 e. The highest BCUT2D eigenvalue weighted by Gasteiger charge is 2.30. The molecule has 0 aliphatic rings. The molecule has 0 radical (unpaired) electrons. The topological polar surface area (TPSA) is 112 Å². The van der Waals surface area contributed by atoms with E-state index in [1.165, 1.54) is 18.2 Å². The van der Waals surface area contributed by atoms with Gasteiger partial charge < -0.3 is 20.9 Å². The van der Waals surface area contributed by atoms with Gasteiger partial charge in [0, 0.05) is 18.4 Å². The van der Waals surface area contributed by atoms with Crippen molar-refractivity contribution in [2.24, 2.45) is 0 Å². The molecular weight excluding hydrogens is 535 g/mol. The Hall–Kier alpha value is -4.70. The number of ether oxygens (including phenoxy) is 1. The van der Waals surface area contributed by atoms with Crippen LogP contribution in [0.15, 0.2) is 97.2 Å². The van der Waals surface area contributed by atoms with E-state index in [0.29, 0.717) is 28.8 Å². The van der Waals surface area contributed by atoms with Crippen LogP contribution in [0.4, 0.5) is 18.0 Å². The molecule has 0 unspecified atom stereocenters. The Bertz CT molecular complexity index is 1430. The summed E-state index contributed by atoms with van der Waals surface area (Å²) in [6.07, 6.45) is -3.43. The first-order valence-electron chi connectivity index (χ1n) is 12.7. The maximum Gasteiger partial charge on any atom is 0.416 e. The van der Waals surface area contributed by atoms with Crippen molar-refractivity contribution < 1.29 is 32.6 Å². The predicted octanol–water partition coefficient (Wildman–Crippen LogP) is 7.73. The lowest BCUT2D eigenvalue weighted by Gasteiger charge is -2.16. The SMILES string of the molecule is C[C@H](OC(=O)NCc1ccccc1-c1ccccc1C(=O)O)c1ccc(C(F)(F)F)cc1.[NH-]CCc1ccccn1. The molecule has 0 aliphatic heterocycles. The van der Waals surface area contributed by atoms with Crippen molar-refractivity contribution in [1.82, 2.24) is 10.3 Å². The van der Waals surface area contributed by atoms with Gasteiger partial charge >= 0.3 is 18.2 Å². The van der Waals surface area contributed by atoms with Crippen LogP contribution in [0, 0.1) is 0 Å². The number of halogens is 3. The zero-order chi connectivity index (χ0) is 29.8. The first-order chi connectivity index (χ1) is 19.6. The van der Waals surface area contributed by atoms with E-state index in [2.05, 4.69) is 10.3 Å². The van der Waals surface area contributed by atoms with Gasteiger partial charge in [0.2, 0.25) is 0 Å². The smallest absolute Gasteiger partial charge is 0.416 e. The van der Waals surface area contributed by atoms with Crippen molar-refractivity contribution in [2.45, 2.75) is 32.2 Å². The number of carbonyl (C=O) groups is 2. The lowest BCUT2D eigenvalue weighted by molar-refractivity contribution is -0.137. The maximum atomic E-state index is 12.7. The van der Waals surface area contributed by atoms with Crippen LogP contribution in [0.5, 0.6) is 0 Å². The summed E-state index contributed by atoms with van der Waals surface area (Å²) in [5.41, 5.74) is 9.54. The number of aromatic nitrogens is 1. The zero-order valence-corrected chi connectivity index (χ0v) is 22.2. The quantitative estimate of drug-likeness (QED) is 0.227. The first kappa shape index (κ1) is 30.8. The van der Waals surface area contributed by atoms with Gasteiger partial charge in [-0.3, -0.25) is 4.98 Å². The summed E-state index contributed by atoms with van der Waals surface area (Å²) >= 11 is 0. The van der Waals surface area contributed by atoms with Gasteiger partial charge in [0.1, 0.15) is 6.10 Å². The van der Waals surface area contributed by atoms with E-state index in [-0.39, 0.29) is 12.1 Å². The number of nitrogens with one attached hydrogen (secondary N) is 2. The van der Waals surface area contributed by atoms with E-state index < -0.39 is 29.9 Å². The average molecular weight is 565 g/mol. The molecular formula is C31H29F3N3O4-. The minimum Gasteiger partial charge on any atom is -0.677 e. The molecule has 0 spiro atoms. The van der Waals surface area contributed by atoms with Gasteiger partial charge in [-0.1, -0.05) is 60.7 Å². The number of hydrogen-bond donors (Lipinski definition) is 2. The Balaban J connectivity index is 0.000000436. The number of aromatic carboxylic acids is 1. The summed E-state index contributed by atoms with van der Waals surface area (Å²) in [5.74, 6) is -1.06. The number of pyridine rings is 1. The Labute approximate surface area is 235 Å². The molecule has 0 saturated heterocycles. The molecule has 1 heterocycles.